The zero-order valence-corrected chi connectivity index (χ0v) is 15.6. The highest BCUT2D eigenvalue weighted by molar-refractivity contribution is 5.66. The lowest BCUT2D eigenvalue weighted by atomic mass is 10.1. The summed E-state index contributed by atoms with van der Waals surface area (Å²) in [5.74, 6) is 2.55. The van der Waals surface area contributed by atoms with Crippen LogP contribution in [0.4, 0.5) is 17.3 Å². The summed E-state index contributed by atoms with van der Waals surface area (Å²) >= 11 is 0. The Kier molecular flexibility index (Phi) is 4.08. The van der Waals surface area contributed by atoms with Crippen LogP contribution in [-0.4, -0.2) is 42.9 Å². The fraction of sp³-hybridized carbons (Fsp3) is 0.250. The lowest BCUT2D eigenvalue weighted by Gasteiger charge is -2.16. The van der Waals surface area contributed by atoms with Crippen molar-refractivity contribution in [3.63, 3.8) is 0 Å². The summed E-state index contributed by atoms with van der Waals surface area (Å²) in [6, 6.07) is 14.0. The van der Waals surface area contributed by atoms with E-state index in [1.54, 1.807) is 10.8 Å². The second-order valence-electron chi connectivity index (χ2n) is 6.89. The molecule has 1 fully saturated rings. The monoisotopic (exact) mass is 372 g/mol. The third-order valence-electron chi connectivity index (χ3n) is 4.95. The molecule has 0 amide bonds. The molecule has 5 rings (SSSR count). The first-order valence-corrected chi connectivity index (χ1v) is 9.40. The lowest BCUT2D eigenvalue weighted by Crippen LogP contribution is -2.19. The van der Waals surface area contributed by atoms with Crippen molar-refractivity contribution in [3.8, 4) is 11.3 Å². The molecule has 1 aromatic carbocycles. The Bertz CT molecular complexity index is 1110. The first-order chi connectivity index (χ1) is 13.8. The zero-order chi connectivity index (χ0) is 18.9. The number of anilines is 3. The minimum absolute atomic E-state index is 0.747. The molecule has 0 atom stereocenters. The minimum atomic E-state index is 0.747. The van der Waals surface area contributed by atoms with Gasteiger partial charge in [0.1, 0.15) is 18.0 Å². The van der Waals surface area contributed by atoms with Crippen molar-refractivity contribution in [1.29, 1.82) is 0 Å². The van der Waals surface area contributed by atoms with Crippen LogP contribution in [0.3, 0.4) is 0 Å². The van der Waals surface area contributed by atoms with Crippen LogP contribution in [0.15, 0.2) is 48.8 Å². The normalized spacial score (nSPS) is 14.0. The van der Waals surface area contributed by atoms with Crippen molar-refractivity contribution < 1.29 is 0 Å². The smallest absolute Gasteiger partial charge is 0.177 e. The molecular formula is C20H20N8. The quantitative estimate of drug-likeness (QED) is 0.589. The van der Waals surface area contributed by atoms with Crippen LogP contribution in [0.5, 0.6) is 0 Å². The van der Waals surface area contributed by atoms with E-state index in [0.29, 0.717) is 0 Å². The van der Waals surface area contributed by atoms with Crippen molar-refractivity contribution in [3.05, 3.63) is 54.6 Å². The van der Waals surface area contributed by atoms with Gasteiger partial charge in [-0.3, -0.25) is 0 Å². The average molecular weight is 372 g/mol. The van der Waals surface area contributed by atoms with E-state index in [0.717, 1.165) is 53.1 Å². The summed E-state index contributed by atoms with van der Waals surface area (Å²) in [5.41, 5.74) is 3.62. The van der Waals surface area contributed by atoms with Gasteiger partial charge in [-0.15, -0.1) is 10.2 Å². The maximum Gasteiger partial charge on any atom is 0.177 e. The number of rotatable bonds is 4. The molecule has 0 bridgehead atoms. The van der Waals surface area contributed by atoms with E-state index in [1.165, 1.54) is 12.8 Å². The second kappa shape index (κ2) is 6.88. The van der Waals surface area contributed by atoms with Crippen LogP contribution in [0.2, 0.25) is 0 Å². The number of hydrogen-bond acceptors (Lipinski definition) is 7. The first kappa shape index (κ1) is 16.6. The van der Waals surface area contributed by atoms with Gasteiger partial charge in [-0.25, -0.2) is 9.97 Å². The number of benzene rings is 1. The number of aromatic nitrogens is 6. The van der Waals surface area contributed by atoms with Gasteiger partial charge < -0.3 is 10.2 Å². The van der Waals surface area contributed by atoms with Gasteiger partial charge in [-0.05, 0) is 44.0 Å². The van der Waals surface area contributed by atoms with Gasteiger partial charge in [0, 0.05) is 30.4 Å². The summed E-state index contributed by atoms with van der Waals surface area (Å²) < 4.78 is 1.75. The van der Waals surface area contributed by atoms with E-state index >= 15 is 0 Å². The van der Waals surface area contributed by atoms with E-state index in [-0.39, 0.29) is 0 Å². The zero-order valence-electron chi connectivity index (χ0n) is 15.6. The van der Waals surface area contributed by atoms with Crippen LogP contribution < -0.4 is 10.2 Å². The third kappa shape index (κ3) is 3.13. The van der Waals surface area contributed by atoms with Crippen LogP contribution in [0.25, 0.3) is 16.9 Å². The van der Waals surface area contributed by atoms with Gasteiger partial charge in [-0.1, -0.05) is 12.1 Å². The van der Waals surface area contributed by atoms with E-state index < -0.39 is 0 Å². The van der Waals surface area contributed by atoms with Crippen molar-refractivity contribution in [1.82, 2.24) is 29.8 Å². The number of nitrogens with zero attached hydrogens (tertiary/aromatic N) is 7. The van der Waals surface area contributed by atoms with E-state index in [2.05, 4.69) is 35.5 Å². The molecular weight excluding hydrogens is 352 g/mol. The largest absolute Gasteiger partial charge is 0.356 e. The minimum Gasteiger partial charge on any atom is -0.356 e. The van der Waals surface area contributed by atoms with Gasteiger partial charge in [0.2, 0.25) is 0 Å². The summed E-state index contributed by atoms with van der Waals surface area (Å²) in [5, 5.41) is 16.1. The highest BCUT2D eigenvalue weighted by Crippen LogP contribution is 2.24. The predicted molar refractivity (Wildman–Crippen MR) is 108 cm³/mol. The molecule has 3 aromatic heterocycles. The van der Waals surface area contributed by atoms with Crippen LogP contribution >= 0.6 is 0 Å². The Morgan fingerprint density at radius 3 is 2.57 bits per heavy atom. The van der Waals surface area contributed by atoms with Gasteiger partial charge in [0.15, 0.2) is 11.5 Å². The molecule has 1 N–H and O–H groups in total. The summed E-state index contributed by atoms with van der Waals surface area (Å²) in [4.78, 5) is 11.0. The molecule has 0 unspecified atom stereocenters. The molecule has 4 aromatic rings. The van der Waals surface area contributed by atoms with Gasteiger partial charge in [0.05, 0.1) is 5.69 Å². The maximum absolute atomic E-state index is 4.62. The van der Waals surface area contributed by atoms with Crippen molar-refractivity contribution in [2.45, 2.75) is 19.8 Å². The molecule has 1 aliphatic rings. The number of aryl methyl sites for hydroxylation is 1. The van der Waals surface area contributed by atoms with E-state index in [1.807, 2.05) is 49.4 Å². The second-order valence-corrected chi connectivity index (χ2v) is 6.89. The SMILES string of the molecule is Cc1nnc2ccc(-c3ccc(Nc4cc(N5CCCC5)ncn4)cc3)nn12. The highest BCUT2D eigenvalue weighted by atomic mass is 15.4. The first-order valence-electron chi connectivity index (χ1n) is 9.40. The fourth-order valence-corrected chi connectivity index (χ4v) is 3.46. The van der Waals surface area contributed by atoms with Gasteiger partial charge in [0.25, 0.3) is 0 Å². The Balaban J connectivity index is 1.36. The third-order valence-corrected chi connectivity index (χ3v) is 4.95. The van der Waals surface area contributed by atoms with Crippen LogP contribution in [0.1, 0.15) is 18.7 Å². The van der Waals surface area contributed by atoms with E-state index in [4.69, 9.17) is 0 Å². The molecule has 0 spiro atoms. The fourth-order valence-electron chi connectivity index (χ4n) is 3.46. The molecule has 8 nitrogen and oxygen atoms in total. The Morgan fingerprint density at radius 2 is 1.75 bits per heavy atom. The van der Waals surface area contributed by atoms with E-state index in [9.17, 15) is 0 Å². The number of nitrogens with one attached hydrogen (secondary N) is 1. The Labute approximate surface area is 162 Å². The standard InChI is InChI=1S/C20H20N8/c1-14-24-25-19-9-8-17(26-28(14)19)15-4-6-16(7-5-15)23-18-12-20(22-13-21-18)27-10-2-3-11-27/h4-9,12-13H,2-3,10-11H2,1H3,(H,21,22,23). The Morgan fingerprint density at radius 1 is 0.929 bits per heavy atom. The predicted octanol–water partition coefficient (Wildman–Crippen LogP) is 3.23. The lowest BCUT2D eigenvalue weighted by molar-refractivity contribution is 0.880. The summed E-state index contributed by atoms with van der Waals surface area (Å²) in [6.45, 7) is 4.02. The molecule has 1 aliphatic heterocycles. The van der Waals surface area contributed by atoms with Gasteiger partial charge >= 0.3 is 0 Å². The molecule has 8 heteroatoms. The summed E-state index contributed by atoms with van der Waals surface area (Å²) in [7, 11) is 0. The van der Waals surface area contributed by atoms with Crippen LogP contribution in [0, 0.1) is 6.92 Å². The molecule has 0 saturated carbocycles. The van der Waals surface area contributed by atoms with Crippen LogP contribution in [-0.2, 0) is 0 Å². The van der Waals surface area contributed by atoms with Crippen molar-refractivity contribution in [2.75, 3.05) is 23.3 Å². The molecule has 1 saturated heterocycles. The number of fused-ring (bicyclic) bond motifs is 1. The van der Waals surface area contributed by atoms with Crippen molar-refractivity contribution >= 4 is 23.0 Å². The Hall–Kier alpha value is -3.55. The highest BCUT2D eigenvalue weighted by Gasteiger charge is 2.14. The van der Waals surface area contributed by atoms with Crippen molar-refractivity contribution in [2.24, 2.45) is 0 Å². The molecule has 0 radical (unpaired) electrons. The average Bonchev–Trinajstić information content (AvgIpc) is 3.39. The molecule has 140 valence electrons. The maximum atomic E-state index is 4.62. The number of hydrogen-bond donors (Lipinski definition) is 1. The summed E-state index contributed by atoms with van der Waals surface area (Å²) in [6.07, 6.45) is 4.07. The molecule has 28 heavy (non-hydrogen) atoms. The topological polar surface area (TPSA) is 84.1 Å². The molecule has 4 heterocycles. The van der Waals surface area contributed by atoms with Gasteiger partial charge in [-0.2, -0.15) is 9.61 Å². The molecule has 0 aliphatic carbocycles.